The van der Waals surface area contributed by atoms with Crippen LogP contribution in [0, 0.1) is 20.7 Å². The highest BCUT2D eigenvalue weighted by atomic mass is 127. The Hall–Kier alpha value is -0.840. The van der Waals surface area contributed by atoms with E-state index in [0.717, 1.165) is 0 Å². The van der Waals surface area contributed by atoms with E-state index in [0.29, 0.717) is 6.20 Å². The lowest BCUT2D eigenvalue weighted by molar-refractivity contribution is 0.145. The van der Waals surface area contributed by atoms with Gasteiger partial charge in [0.15, 0.2) is 5.82 Å². The van der Waals surface area contributed by atoms with Crippen LogP contribution in [0.1, 0.15) is 17.7 Å². The summed E-state index contributed by atoms with van der Waals surface area (Å²) in [5.74, 6) is -0.762. The molecule has 0 saturated heterocycles. The molecule has 0 spiro atoms. The molecule has 0 unspecified atom stereocenters. The molecule has 1 aromatic rings. The number of hydrogen-bond donors (Lipinski definition) is 0. The fourth-order valence-electron chi connectivity index (χ4n) is 0.751. The Morgan fingerprint density at radius 1 is 1.54 bits per heavy atom. The van der Waals surface area contributed by atoms with Crippen molar-refractivity contribution in [3.8, 4) is 6.07 Å². The van der Waals surface area contributed by atoms with E-state index < -0.39 is 23.5 Å². The molecule has 68 valence electrons. The molecule has 0 amide bonds. The molecule has 0 fully saturated rings. The van der Waals surface area contributed by atoms with E-state index >= 15 is 0 Å². The highest BCUT2D eigenvalue weighted by Crippen LogP contribution is 2.25. The number of pyridine rings is 1. The quantitative estimate of drug-likeness (QED) is 0.747. The van der Waals surface area contributed by atoms with Gasteiger partial charge in [-0.1, -0.05) is 0 Å². The lowest BCUT2D eigenvalue weighted by Gasteiger charge is -2.03. The zero-order valence-electron chi connectivity index (χ0n) is 6.06. The summed E-state index contributed by atoms with van der Waals surface area (Å²) in [6.45, 7) is 0. The molecule has 6 heteroatoms. The van der Waals surface area contributed by atoms with E-state index in [-0.39, 0.29) is 3.57 Å². The van der Waals surface area contributed by atoms with Gasteiger partial charge >= 0.3 is 0 Å². The second-order valence-electron chi connectivity index (χ2n) is 2.09. The molecule has 1 rings (SSSR count). The van der Waals surface area contributed by atoms with E-state index in [1.54, 1.807) is 0 Å². The molecule has 0 saturated carbocycles. The average Bonchev–Trinajstić information content (AvgIpc) is 2.09. The first kappa shape index (κ1) is 10.2. The van der Waals surface area contributed by atoms with Gasteiger partial charge in [-0.25, -0.2) is 13.2 Å². The number of nitriles is 1. The minimum absolute atomic E-state index is 0.120. The van der Waals surface area contributed by atoms with Crippen LogP contribution in [0.15, 0.2) is 6.20 Å². The first-order valence-electron chi connectivity index (χ1n) is 3.10. The average molecular weight is 298 g/mol. The first-order valence-corrected chi connectivity index (χ1v) is 4.18. The highest BCUT2D eigenvalue weighted by Gasteiger charge is 2.19. The van der Waals surface area contributed by atoms with E-state index in [9.17, 15) is 13.2 Å². The number of aromatic nitrogens is 1. The number of nitrogens with zero attached hydrogens (tertiary/aromatic N) is 2. The van der Waals surface area contributed by atoms with E-state index in [1.807, 2.05) is 0 Å². The summed E-state index contributed by atoms with van der Waals surface area (Å²) in [4.78, 5) is 3.16. The molecule has 0 bridgehead atoms. The second kappa shape index (κ2) is 3.91. The fraction of sp³-hybridized carbons (Fsp3) is 0.143. The molecule has 0 aliphatic carbocycles. The Labute approximate surface area is 85.5 Å². The summed E-state index contributed by atoms with van der Waals surface area (Å²) >= 11 is 1.49. The van der Waals surface area contributed by atoms with Gasteiger partial charge in [-0.05, 0) is 22.6 Å². The van der Waals surface area contributed by atoms with Crippen LogP contribution in [0.2, 0.25) is 0 Å². The van der Waals surface area contributed by atoms with Crippen molar-refractivity contribution in [1.82, 2.24) is 4.98 Å². The number of rotatable bonds is 1. The van der Waals surface area contributed by atoms with Gasteiger partial charge in [0.1, 0.15) is 11.8 Å². The van der Waals surface area contributed by atoms with E-state index in [4.69, 9.17) is 5.26 Å². The zero-order valence-corrected chi connectivity index (χ0v) is 8.22. The third-order valence-corrected chi connectivity index (χ3v) is 2.38. The van der Waals surface area contributed by atoms with Gasteiger partial charge in [0, 0.05) is 0 Å². The molecule has 1 heterocycles. The maximum absolute atomic E-state index is 12.7. The van der Waals surface area contributed by atoms with Crippen LogP contribution in [-0.4, -0.2) is 4.98 Å². The molecule has 0 N–H and O–H groups in total. The van der Waals surface area contributed by atoms with Gasteiger partial charge < -0.3 is 0 Å². The van der Waals surface area contributed by atoms with Crippen molar-refractivity contribution >= 4 is 22.6 Å². The van der Waals surface area contributed by atoms with Gasteiger partial charge in [0.05, 0.1) is 15.3 Å². The van der Waals surface area contributed by atoms with Crippen molar-refractivity contribution in [1.29, 1.82) is 5.26 Å². The van der Waals surface area contributed by atoms with Gasteiger partial charge in [0.25, 0.3) is 6.43 Å². The van der Waals surface area contributed by atoms with E-state index in [1.165, 1.54) is 28.7 Å². The van der Waals surface area contributed by atoms with Gasteiger partial charge in [-0.3, -0.25) is 4.98 Å². The highest BCUT2D eigenvalue weighted by molar-refractivity contribution is 14.1. The van der Waals surface area contributed by atoms with Crippen LogP contribution in [0.4, 0.5) is 13.2 Å². The van der Waals surface area contributed by atoms with Crippen molar-refractivity contribution in [3.63, 3.8) is 0 Å². The summed E-state index contributed by atoms with van der Waals surface area (Å²) < 4.78 is 37.0. The van der Waals surface area contributed by atoms with Crippen LogP contribution in [0.25, 0.3) is 0 Å². The molecule has 0 atom stereocenters. The fourth-order valence-corrected chi connectivity index (χ4v) is 1.29. The lowest BCUT2D eigenvalue weighted by atomic mass is 10.2. The number of halogens is 4. The van der Waals surface area contributed by atoms with Gasteiger partial charge in [-0.15, -0.1) is 0 Å². The third kappa shape index (κ3) is 1.91. The van der Waals surface area contributed by atoms with Crippen LogP contribution < -0.4 is 0 Å². The van der Waals surface area contributed by atoms with Gasteiger partial charge in [0.2, 0.25) is 0 Å². The van der Waals surface area contributed by atoms with Crippen molar-refractivity contribution < 1.29 is 13.2 Å². The Kier molecular flexibility index (Phi) is 3.08. The summed E-state index contributed by atoms with van der Waals surface area (Å²) in [5, 5.41) is 8.48. The lowest BCUT2D eigenvalue weighted by Crippen LogP contribution is -2.00. The van der Waals surface area contributed by atoms with Crippen molar-refractivity contribution in [2.24, 2.45) is 0 Å². The normalized spacial score (nSPS) is 10.2. The van der Waals surface area contributed by atoms with E-state index in [2.05, 4.69) is 4.98 Å². The minimum atomic E-state index is -2.86. The van der Waals surface area contributed by atoms with Crippen LogP contribution in [0.3, 0.4) is 0 Å². The molecular weight excluding hydrogens is 296 g/mol. The molecule has 1 aromatic heterocycles. The topological polar surface area (TPSA) is 36.7 Å². The largest absolute Gasteiger partial charge is 0.281 e. The van der Waals surface area contributed by atoms with Gasteiger partial charge in [-0.2, -0.15) is 5.26 Å². The Morgan fingerprint density at radius 3 is 2.62 bits per heavy atom. The summed E-state index contributed by atoms with van der Waals surface area (Å²) in [5.41, 5.74) is -1.07. The predicted octanol–water partition coefficient (Wildman–Crippen LogP) is 2.63. The summed E-state index contributed by atoms with van der Waals surface area (Å²) in [6.07, 6.45) is -2.17. The molecule has 0 radical (unpaired) electrons. The smallest absolute Gasteiger partial charge is 0.251 e. The van der Waals surface area contributed by atoms with Crippen LogP contribution in [0.5, 0.6) is 0 Å². The van der Waals surface area contributed by atoms with Crippen LogP contribution >= 0.6 is 22.6 Å². The second-order valence-corrected chi connectivity index (χ2v) is 3.17. The number of hydrogen-bond acceptors (Lipinski definition) is 2. The Bertz CT molecular complexity index is 373. The molecule has 0 aliphatic heterocycles. The van der Waals surface area contributed by atoms with Crippen molar-refractivity contribution in [2.45, 2.75) is 6.43 Å². The summed E-state index contributed by atoms with van der Waals surface area (Å²) in [6, 6.07) is 1.50. The Morgan fingerprint density at radius 2 is 2.15 bits per heavy atom. The van der Waals surface area contributed by atoms with Crippen molar-refractivity contribution in [2.75, 3.05) is 0 Å². The van der Waals surface area contributed by atoms with Crippen molar-refractivity contribution in [3.05, 3.63) is 26.8 Å². The summed E-state index contributed by atoms with van der Waals surface area (Å²) in [7, 11) is 0. The molecule has 0 aliphatic rings. The molecular formula is C7H2F3IN2. The molecule has 2 nitrogen and oxygen atoms in total. The molecule has 0 aromatic carbocycles. The Balaban J connectivity index is 3.41. The maximum atomic E-state index is 12.7. The number of alkyl halides is 2. The SMILES string of the molecule is N#Cc1c(C(F)F)ncc(F)c1I. The first-order chi connectivity index (χ1) is 6.07. The monoisotopic (exact) mass is 298 g/mol. The predicted molar refractivity (Wildman–Crippen MR) is 46.6 cm³/mol. The third-order valence-electron chi connectivity index (χ3n) is 1.32. The van der Waals surface area contributed by atoms with Crippen LogP contribution in [-0.2, 0) is 0 Å². The zero-order chi connectivity index (χ0) is 10.0. The maximum Gasteiger partial charge on any atom is 0.281 e. The standard InChI is InChI=1S/C7H2F3IN2/c8-4-2-13-6(7(9)10)3(1-12)5(4)11/h2,7H. The molecule has 13 heavy (non-hydrogen) atoms. The minimum Gasteiger partial charge on any atom is -0.251 e.